The lowest BCUT2D eigenvalue weighted by molar-refractivity contribution is 0.383. The molecule has 2 saturated heterocycles. The molecule has 170 valence electrons. The number of aromatic nitrogens is 2. The molecule has 0 N–H and O–H groups in total. The summed E-state index contributed by atoms with van der Waals surface area (Å²) in [6.45, 7) is 5.68. The van der Waals surface area contributed by atoms with Gasteiger partial charge in [-0.05, 0) is 32.4 Å². The Labute approximate surface area is 183 Å². The van der Waals surface area contributed by atoms with Gasteiger partial charge in [0.1, 0.15) is 5.75 Å². The maximum atomic E-state index is 13.0. The summed E-state index contributed by atoms with van der Waals surface area (Å²) in [6.07, 6.45) is 0.580. The lowest BCUT2D eigenvalue weighted by Gasteiger charge is -2.35. The quantitative estimate of drug-likeness (QED) is 0.653. The van der Waals surface area contributed by atoms with Crippen LogP contribution in [0.1, 0.15) is 23.9 Å². The summed E-state index contributed by atoms with van der Waals surface area (Å²) in [6, 6.07) is 6.38. The predicted octanol–water partition coefficient (Wildman–Crippen LogP) is 1.38. The van der Waals surface area contributed by atoms with E-state index in [1.165, 1.54) is 17.5 Å². The van der Waals surface area contributed by atoms with Gasteiger partial charge in [0.05, 0.1) is 46.6 Å². The van der Waals surface area contributed by atoms with Gasteiger partial charge in [0.25, 0.3) is 0 Å². The van der Waals surface area contributed by atoms with Gasteiger partial charge >= 0.3 is 0 Å². The van der Waals surface area contributed by atoms with Crippen molar-refractivity contribution in [3.63, 3.8) is 0 Å². The molecule has 31 heavy (non-hydrogen) atoms. The van der Waals surface area contributed by atoms with Crippen LogP contribution in [-0.4, -0.2) is 75.7 Å². The summed E-state index contributed by atoms with van der Waals surface area (Å²) < 4.78 is 58.4. The normalized spacial score (nSPS) is 22.0. The second kappa shape index (κ2) is 8.10. The second-order valence-corrected chi connectivity index (χ2v) is 12.3. The highest BCUT2D eigenvalue weighted by Crippen LogP contribution is 2.32. The highest BCUT2D eigenvalue weighted by molar-refractivity contribution is 7.91. The molecule has 1 aromatic carbocycles. The first-order valence-electron chi connectivity index (χ1n) is 10.3. The van der Waals surface area contributed by atoms with E-state index in [2.05, 4.69) is 10.00 Å². The SMILES string of the molecule is COc1cccc(S(=O)(=O)N2CCN(c3c(C)nn(C4CCS(=O)(=O)C4)c3C)CC2)c1. The average Bonchev–Trinajstić information content (AvgIpc) is 3.26. The largest absolute Gasteiger partial charge is 0.497 e. The molecule has 0 spiro atoms. The number of rotatable bonds is 5. The van der Waals surface area contributed by atoms with E-state index in [1.807, 2.05) is 18.5 Å². The Balaban J connectivity index is 1.50. The van der Waals surface area contributed by atoms with Gasteiger partial charge in [-0.15, -0.1) is 0 Å². The molecule has 1 atom stereocenters. The van der Waals surface area contributed by atoms with Crippen molar-refractivity contribution in [2.45, 2.75) is 31.2 Å². The smallest absolute Gasteiger partial charge is 0.243 e. The van der Waals surface area contributed by atoms with Crippen LogP contribution in [0.15, 0.2) is 29.2 Å². The number of piperazine rings is 1. The molecule has 0 saturated carbocycles. The van der Waals surface area contributed by atoms with Gasteiger partial charge in [-0.1, -0.05) is 6.07 Å². The summed E-state index contributed by atoms with van der Waals surface area (Å²) in [5.41, 5.74) is 2.75. The molecule has 9 nitrogen and oxygen atoms in total. The van der Waals surface area contributed by atoms with Crippen LogP contribution in [-0.2, 0) is 19.9 Å². The third-order valence-corrected chi connectivity index (χ3v) is 9.72. The predicted molar refractivity (Wildman–Crippen MR) is 118 cm³/mol. The Morgan fingerprint density at radius 1 is 1.13 bits per heavy atom. The molecular weight excluding hydrogens is 440 g/mol. The number of sulfonamides is 1. The molecular formula is C20H28N4O5S2. The minimum absolute atomic E-state index is 0.126. The van der Waals surface area contributed by atoms with E-state index in [9.17, 15) is 16.8 Å². The summed E-state index contributed by atoms with van der Waals surface area (Å²) in [4.78, 5) is 2.37. The minimum atomic E-state index is -3.60. The van der Waals surface area contributed by atoms with E-state index in [0.717, 1.165) is 17.1 Å². The van der Waals surface area contributed by atoms with E-state index in [-0.39, 0.29) is 22.4 Å². The van der Waals surface area contributed by atoms with Gasteiger partial charge in [0, 0.05) is 32.2 Å². The molecule has 2 aliphatic heterocycles. The molecule has 2 aromatic rings. The van der Waals surface area contributed by atoms with Crippen molar-refractivity contribution in [3.8, 4) is 5.75 Å². The molecule has 11 heteroatoms. The van der Waals surface area contributed by atoms with Crippen molar-refractivity contribution >= 4 is 25.5 Å². The molecule has 2 fully saturated rings. The Hall–Kier alpha value is -2.11. The fourth-order valence-electron chi connectivity index (χ4n) is 4.50. The number of benzene rings is 1. The lowest BCUT2D eigenvalue weighted by Crippen LogP contribution is -2.49. The monoisotopic (exact) mass is 468 g/mol. The van der Waals surface area contributed by atoms with Crippen molar-refractivity contribution in [1.82, 2.24) is 14.1 Å². The first-order valence-corrected chi connectivity index (χ1v) is 13.5. The van der Waals surface area contributed by atoms with Crippen LogP contribution in [0.3, 0.4) is 0 Å². The standard InChI is InChI=1S/C20H28N4O5S2/c1-15-20(16(2)24(21-15)17-7-12-30(25,26)14-17)22-8-10-23(11-9-22)31(27,28)19-6-4-5-18(13-19)29-3/h4-6,13,17H,7-12,14H2,1-3H3. The maximum absolute atomic E-state index is 13.0. The fraction of sp³-hybridized carbons (Fsp3) is 0.550. The molecule has 3 heterocycles. The van der Waals surface area contributed by atoms with E-state index >= 15 is 0 Å². The third-order valence-electron chi connectivity index (χ3n) is 6.07. The zero-order valence-electron chi connectivity index (χ0n) is 18.0. The van der Waals surface area contributed by atoms with Crippen LogP contribution in [0, 0.1) is 13.8 Å². The molecule has 4 rings (SSSR count). The first kappa shape index (κ1) is 22.1. The van der Waals surface area contributed by atoms with Crippen molar-refractivity contribution in [1.29, 1.82) is 0 Å². The maximum Gasteiger partial charge on any atom is 0.243 e. The van der Waals surface area contributed by atoms with Gasteiger partial charge in [-0.2, -0.15) is 9.40 Å². The molecule has 0 aliphatic carbocycles. The first-order chi connectivity index (χ1) is 14.6. The van der Waals surface area contributed by atoms with Crippen molar-refractivity contribution in [3.05, 3.63) is 35.7 Å². The van der Waals surface area contributed by atoms with Crippen LogP contribution in [0.25, 0.3) is 0 Å². The number of hydrogen-bond acceptors (Lipinski definition) is 7. The Morgan fingerprint density at radius 2 is 1.84 bits per heavy atom. The van der Waals surface area contributed by atoms with Crippen LogP contribution < -0.4 is 9.64 Å². The molecule has 1 unspecified atom stereocenters. The molecule has 0 amide bonds. The Bertz CT molecular complexity index is 1180. The van der Waals surface area contributed by atoms with E-state index < -0.39 is 19.9 Å². The highest BCUT2D eigenvalue weighted by atomic mass is 32.2. The fourth-order valence-corrected chi connectivity index (χ4v) is 7.65. The second-order valence-electron chi connectivity index (χ2n) is 8.09. The van der Waals surface area contributed by atoms with Gasteiger partial charge in [-0.3, -0.25) is 4.68 Å². The minimum Gasteiger partial charge on any atom is -0.497 e. The summed E-state index contributed by atoms with van der Waals surface area (Å²) in [5.74, 6) is 0.833. The van der Waals surface area contributed by atoms with Crippen LogP contribution in [0.5, 0.6) is 5.75 Å². The van der Waals surface area contributed by atoms with Crippen LogP contribution in [0.2, 0.25) is 0 Å². The average molecular weight is 469 g/mol. The van der Waals surface area contributed by atoms with Crippen LogP contribution in [0.4, 0.5) is 5.69 Å². The van der Waals surface area contributed by atoms with Gasteiger partial charge < -0.3 is 9.64 Å². The van der Waals surface area contributed by atoms with Crippen molar-refractivity contribution < 1.29 is 21.6 Å². The molecule has 0 bridgehead atoms. The summed E-state index contributed by atoms with van der Waals surface area (Å²) >= 11 is 0. The van der Waals surface area contributed by atoms with E-state index in [0.29, 0.717) is 38.3 Å². The Morgan fingerprint density at radius 3 is 2.45 bits per heavy atom. The topological polar surface area (TPSA) is 102 Å². The Kier molecular flexibility index (Phi) is 5.78. The number of hydrogen-bond donors (Lipinski definition) is 0. The van der Waals surface area contributed by atoms with E-state index in [4.69, 9.17) is 4.74 Å². The number of nitrogens with zero attached hydrogens (tertiary/aromatic N) is 4. The van der Waals surface area contributed by atoms with E-state index in [1.54, 1.807) is 18.2 Å². The third kappa shape index (κ3) is 4.18. The van der Waals surface area contributed by atoms with Gasteiger partial charge in [0.2, 0.25) is 10.0 Å². The molecule has 2 aliphatic rings. The lowest BCUT2D eigenvalue weighted by atomic mass is 10.2. The molecule has 1 aromatic heterocycles. The zero-order chi connectivity index (χ0) is 22.4. The molecule has 0 radical (unpaired) electrons. The van der Waals surface area contributed by atoms with Crippen LogP contribution >= 0.6 is 0 Å². The number of ether oxygens (including phenoxy) is 1. The van der Waals surface area contributed by atoms with Gasteiger partial charge in [-0.25, -0.2) is 16.8 Å². The number of anilines is 1. The van der Waals surface area contributed by atoms with Gasteiger partial charge in [0.15, 0.2) is 9.84 Å². The summed E-state index contributed by atoms with van der Waals surface area (Å²) in [7, 11) is -5.09. The van der Waals surface area contributed by atoms with Crippen molar-refractivity contribution in [2.75, 3.05) is 49.7 Å². The zero-order valence-corrected chi connectivity index (χ0v) is 19.6. The number of aryl methyl sites for hydroxylation is 1. The number of sulfone groups is 1. The summed E-state index contributed by atoms with van der Waals surface area (Å²) in [5, 5.41) is 4.63. The van der Waals surface area contributed by atoms with Crippen molar-refractivity contribution in [2.24, 2.45) is 0 Å². The number of methoxy groups -OCH3 is 1. The highest BCUT2D eigenvalue weighted by Gasteiger charge is 2.34.